The van der Waals surface area contributed by atoms with E-state index in [0.717, 1.165) is 22.6 Å². The third-order valence-electron chi connectivity index (χ3n) is 4.82. The normalized spacial score (nSPS) is 11.4. The van der Waals surface area contributed by atoms with Gasteiger partial charge in [0.1, 0.15) is 11.5 Å². The minimum atomic E-state index is -3.32. The average Bonchev–Trinajstić information content (AvgIpc) is 2.74. The molecule has 0 unspecified atom stereocenters. The van der Waals surface area contributed by atoms with Crippen molar-refractivity contribution in [2.75, 3.05) is 33.1 Å². The van der Waals surface area contributed by atoms with Crippen LogP contribution in [0.2, 0.25) is 0 Å². The third kappa shape index (κ3) is 7.55. The number of benzene rings is 2. The van der Waals surface area contributed by atoms with E-state index < -0.39 is 10.0 Å². The van der Waals surface area contributed by atoms with E-state index >= 15 is 0 Å². The second-order valence-electron chi connectivity index (χ2n) is 6.84. The van der Waals surface area contributed by atoms with Gasteiger partial charge in [-0.3, -0.25) is 0 Å². The Balaban J connectivity index is 2.05. The van der Waals surface area contributed by atoms with E-state index in [1.54, 1.807) is 24.6 Å². The van der Waals surface area contributed by atoms with E-state index in [4.69, 9.17) is 9.47 Å². The lowest BCUT2D eigenvalue weighted by Crippen LogP contribution is -2.36. The molecule has 2 aromatic carbocycles. The highest BCUT2D eigenvalue weighted by Crippen LogP contribution is 2.16. The van der Waals surface area contributed by atoms with Gasteiger partial charge in [-0.25, -0.2) is 12.7 Å². The number of rotatable bonds is 13. The Hall–Kier alpha value is -2.31. The van der Waals surface area contributed by atoms with Crippen molar-refractivity contribution in [3.63, 3.8) is 0 Å². The maximum atomic E-state index is 12.9. The molecule has 2 aromatic rings. The molecule has 29 heavy (non-hydrogen) atoms. The van der Waals surface area contributed by atoms with Gasteiger partial charge < -0.3 is 9.47 Å². The zero-order chi connectivity index (χ0) is 21.1. The molecule has 2 rings (SSSR count). The first-order chi connectivity index (χ1) is 14.0. The number of hydrogen-bond acceptors (Lipinski definition) is 4. The van der Waals surface area contributed by atoms with Crippen LogP contribution in [-0.2, 0) is 22.9 Å². The highest BCUT2D eigenvalue weighted by Gasteiger charge is 2.21. The van der Waals surface area contributed by atoms with Crippen molar-refractivity contribution in [1.29, 1.82) is 0 Å². The molecule has 0 saturated heterocycles. The van der Waals surface area contributed by atoms with Gasteiger partial charge in [-0.05, 0) is 61.1 Å². The second-order valence-corrected chi connectivity index (χ2v) is 8.93. The standard InChI is InChI=1S/C23H31NO4S/c1-4-5-6-19-29(25,26)24(17-15-20-7-11-22(27-2)12-8-20)18-16-21-9-13-23(28-3)14-10-21/h4,7-14H,1,5-6,15-19H2,2-3H3. The van der Waals surface area contributed by atoms with Crippen molar-refractivity contribution in [2.45, 2.75) is 25.7 Å². The minimum absolute atomic E-state index is 0.143. The summed E-state index contributed by atoms with van der Waals surface area (Å²) in [7, 11) is -0.0630. The summed E-state index contributed by atoms with van der Waals surface area (Å²) < 4.78 is 37.8. The number of unbranched alkanes of at least 4 members (excludes halogenated alkanes) is 1. The molecule has 0 radical (unpaired) electrons. The number of nitrogens with zero attached hydrogens (tertiary/aromatic N) is 1. The van der Waals surface area contributed by atoms with Crippen LogP contribution in [0.15, 0.2) is 61.2 Å². The Labute approximate surface area is 175 Å². The highest BCUT2D eigenvalue weighted by molar-refractivity contribution is 7.89. The van der Waals surface area contributed by atoms with E-state index in [2.05, 4.69) is 6.58 Å². The van der Waals surface area contributed by atoms with Crippen LogP contribution in [0.5, 0.6) is 11.5 Å². The van der Waals surface area contributed by atoms with Crippen molar-refractivity contribution in [2.24, 2.45) is 0 Å². The van der Waals surface area contributed by atoms with E-state index in [1.807, 2.05) is 48.5 Å². The second kappa shape index (κ2) is 11.6. The Morgan fingerprint density at radius 3 is 1.69 bits per heavy atom. The van der Waals surface area contributed by atoms with Gasteiger partial charge in [0.25, 0.3) is 0 Å². The first-order valence-corrected chi connectivity index (χ1v) is 11.4. The molecule has 0 aliphatic heterocycles. The summed E-state index contributed by atoms with van der Waals surface area (Å²) in [6.07, 6.45) is 4.37. The summed E-state index contributed by atoms with van der Waals surface area (Å²) in [5.74, 6) is 1.73. The van der Waals surface area contributed by atoms with Gasteiger partial charge >= 0.3 is 0 Å². The molecule has 0 spiro atoms. The van der Waals surface area contributed by atoms with Crippen LogP contribution in [-0.4, -0.2) is 45.8 Å². The molecule has 0 bridgehead atoms. The molecule has 0 heterocycles. The van der Waals surface area contributed by atoms with E-state index in [1.165, 1.54) is 0 Å². The summed E-state index contributed by atoms with van der Waals surface area (Å²) in [6, 6.07) is 15.5. The van der Waals surface area contributed by atoms with Crippen LogP contribution >= 0.6 is 0 Å². The summed E-state index contributed by atoms with van der Waals surface area (Å²) in [5, 5.41) is 0. The van der Waals surface area contributed by atoms with E-state index in [-0.39, 0.29) is 5.75 Å². The van der Waals surface area contributed by atoms with Gasteiger partial charge in [0.15, 0.2) is 0 Å². The molecule has 0 aromatic heterocycles. The summed E-state index contributed by atoms with van der Waals surface area (Å²) in [6.45, 7) is 4.59. The lowest BCUT2D eigenvalue weighted by Gasteiger charge is -2.22. The Morgan fingerprint density at radius 1 is 0.862 bits per heavy atom. The molecule has 0 aliphatic carbocycles. The predicted octanol–water partition coefficient (Wildman–Crippen LogP) is 4.09. The lowest BCUT2D eigenvalue weighted by atomic mass is 10.1. The predicted molar refractivity (Wildman–Crippen MR) is 118 cm³/mol. The van der Waals surface area contributed by atoms with Gasteiger partial charge in [-0.2, -0.15) is 0 Å². The quantitative estimate of drug-likeness (QED) is 0.364. The van der Waals surface area contributed by atoms with Gasteiger partial charge in [0.2, 0.25) is 10.0 Å². The number of ether oxygens (including phenoxy) is 2. The fourth-order valence-corrected chi connectivity index (χ4v) is 4.55. The van der Waals surface area contributed by atoms with Crippen LogP contribution in [0.1, 0.15) is 24.0 Å². The molecular weight excluding hydrogens is 386 g/mol. The van der Waals surface area contributed by atoms with Crippen LogP contribution in [0.4, 0.5) is 0 Å². The average molecular weight is 418 g/mol. The number of hydrogen-bond donors (Lipinski definition) is 0. The molecule has 158 valence electrons. The highest BCUT2D eigenvalue weighted by atomic mass is 32.2. The van der Waals surface area contributed by atoms with Crippen LogP contribution in [0.25, 0.3) is 0 Å². The smallest absolute Gasteiger partial charge is 0.214 e. The molecule has 0 N–H and O–H groups in total. The third-order valence-corrected chi connectivity index (χ3v) is 6.78. The SMILES string of the molecule is C=CCCCS(=O)(=O)N(CCc1ccc(OC)cc1)CCc1ccc(OC)cc1. The van der Waals surface area contributed by atoms with Crippen molar-refractivity contribution in [3.05, 3.63) is 72.3 Å². The number of sulfonamides is 1. The number of methoxy groups -OCH3 is 2. The molecule has 0 amide bonds. The molecule has 0 aliphatic rings. The fourth-order valence-electron chi connectivity index (χ4n) is 3.02. The molecule has 0 saturated carbocycles. The number of allylic oxidation sites excluding steroid dienone is 1. The lowest BCUT2D eigenvalue weighted by molar-refractivity contribution is 0.410. The topological polar surface area (TPSA) is 55.8 Å². The van der Waals surface area contributed by atoms with Crippen LogP contribution in [0.3, 0.4) is 0 Å². The molecule has 0 fully saturated rings. The minimum Gasteiger partial charge on any atom is -0.497 e. The zero-order valence-electron chi connectivity index (χ0n) is 17.3. The fraction of sp³-hybridized carbons (Fsp3) is 0.391. The maximum absolute atomic E-state index is 12.9. The van der Waals surface area contributed by atoms with Gasteiger partial charge in [0.05, 0.1) is 20.0 Å². The maximum Gasteiger partial charge on any atom is 0.214 e. The zero-order valence-corrected chi connectivity index (χ0v) is 18.2. The van der Waals surface area contributed by atoms with Crippen LogP contribution in [0, 0.1) is 0 Å². The van der Waals surface area contributed by atoms with Crippen LogP contribution < -0.4 is 9.47 Å². The molecule has 5 nitrogen and oxygen atoms in total. The first kappa shape index (κ1) is 23.0. The van der Waals surface area contributed by atoms with E-state index in [0.29, 0.717) is 38.8 Å². The Morgan fingerprint density at radius 2 is 1.31 bits per heavy atom. The monoisotopic (exact) mass is 417 g/mol. The largest absolute Gasteiger partial charge is 0.497 e. The van der Waals surface area contributed by atoms with Gasteiger partial charge in [0, 0.05) is 13.1 Å². The Kier molecular flexibility index (Phi) is 9.22. The summed E-state index contributed by atoms with van der Waals surface area (Å²) in [4.78, 5) is 0. The van der Waals surface area contributed by atoms with E-state index in [9.17, 15) is 8.42 Å². The van der Waals surface area contributed by atoms with Crippen molar-refractivity contribution < 1.29 is 17.9 Å². The first-order valence-electron chi connectivity index (χ1n) is 9.83. The van der Waals surface area contributed by atoms with Gasteiger partial charge in [-0.15, -0.1) is 6.58 Å². The van der Waals surface area contributed by atoms with Crippen molar-refractivity contribution in [3.8, 4) is 11.5 Å². The molecule has 6 heteroatoms. The molecule has 0 atom stereocenters. The van der Waals surface area contributed by atoms with Crippen molar-refractivity contribution >= 4 is 10.0 Å². The van der Waals surface area contributed by atoms with Gasteiger partial charge in [-0.1, -0.05) is 30.3 Å². The van der Waals surface area contributed by atoms with Crippen molar-refractivity contribution in [1.82, 2.24) is 4.31 Å². The molecular formula is C23H31NO4S. The Bertz CT molecular complexity index is 794. The summed E-state index contributed by atoms with van der Waals surface area (Å²) in [5.41, 5.74) is 2.17. The summed E-state index contributed by atoms with van der Waals surface area (Å²) >= 11 is 0.